The monoisotopic (exact) mass is 243 g/mol. The highest BCUT2D eigenvalue weighted by Crippen LogP contribution is 2.21. The van der Waals surface area contributed by atoms with Gasteiger partial charge in [-0.25, -0.2) is 8.78 Å². The third-order valence-corrected chi connectivity index (χ3v) is 2.80. The summed E-state index contributed by atoms with van der Waals surface area (Å²) in [6.07, 6.45) is 2.79. The highest BCUT2D eigenvalue weighted by atomic mass is 19.3. The molecular formula is C10H15F2N5. The minimum atomic E-state index is -2.73. The summed E-state index contributed by atoms with van der Waals surface area (Å²) in [4.78, 5) is 10.9. The Morgan fingerprint density at radius 3 is 2.47 bits per heavy atom. The number of nitrogens with two attached hydrogens (primary N) is 1. The van der Waals surface area contributed by atoms with Crippen LogP contribution in [0.25, 0.3) is 0 Å². The Hall–Kier alpha value is -1.53. The zero-order valence-electron chi connectivity index (χ0n) is 9.37. The van der Waals surface area contributed by atoms with E-state index < -0.39 is 12.2 Å². The molecule has 0 amide bonds. The van der Waals surface area contributed by atoms with E-state index >= 15 is 0 Å². The summed E-state index contributed by atoms with van der Waals surface area (Å²) in [6, 6.07) is 0.246. The number of nitrogens with zero attached hydrogens (tertiary/aromatic N) is 3. The second-order valence-corrected chi connectivity index (χ2v) is 4.16. The van der Waals surface area contributed by atoms with Crippen LogP contribution in [-0.4, -0.2) is 21.0 Å². The van der Waals surface area contributed by atoms with Crippen LogP contribution in [0, 0.1) is 0 Å². The minimum Gasteiger partial charge on any atom is -0.368 e. The molecule has 0 saturated heterocycles. The van der Waals surface area contributed by atoms with Crippen LogP contribution in [0.2, 0.25) is 0 Å². The quantitative estimate of drug-likeness (QED) is 0.850. The Morgan fingerprint density at radius 1 is 1.12 bits per heavy atom. The number of rotatable bonds is 3. The van der Waals surface area contributed by atoms with Gasteiger partial charge in [0, 0.05) is 6.04 Å². The third kappa shape index (κ3) is 3.21. The molecule has 2 rings (SSSR count). The SMILES string of the molecule is Nc1nc(NC2CCCCC2)nc(C(F)F)n1. The van der Waals surface area contributed by atoms with Crippen molar-refractivity contribution in [2.75, 3.05) is 11.1 Å². The summed E-state index contributed by atoms with van der Waals surface area (Å²) >= 11 is 0. The molecule has 0 aliphatic heterocycles. The maximum absolute atomic E-state index is 12.5. The Morgan fingerprint density at radius 2 is 1.82 bits per heavy atom. The molecule has 17 heavy (non-hydrogen) atoms. The molecule has 1 aromatic heterocycles. The molecule has 1 aliphatic carbocycles. The molecule has 0 bridgehead atoms. The van der Waals surface area contributed by atoms with Gasteiger partial charge >= 0.3 is 0 Å². The minimum absolute atomic E-state index is 0.153. The molecule has 5 nitrogen and oxygen atoms in total. The standard InChI is InChI=1S/C10H15F2N5/c11-7(12)8-15-9(13)17-10(16-8)14-6-4-2-1-3-5-6/h6-7H,1-5H2,(H3,13,14,15,16,17). The molecule has 94 valence electrons. The first-order valence-corrected chi connectivity index (χ1v) is 5.71. The second-order valence-electron chi connectivity index (χ2n) is 4.16. The Balaban J connectivity index is 2.09. The molecule has 1 saturated carbocycles. The fraction of sp³-hybridized carbons (Fsp3) is 0.700. The normalized spacial score (nSPS) is 17.4. The molecule has 0 spiro atoms. The lowest BCUT2D eigenvalue weighted by Gasteiger charge is -2.22. The Bertz CT molecular complexity index is 379. The van der Waals surface area contributed by atoms with Crippen LogP contribution < -0.4 is 11.1 Å². The summed E-state index contributed by atoms with van der Waals surface area (Å²) in [5.74, 6) is -0.593. The van der Waals surface area contributed by atoms with Crippen molar-refractivity contribution < 1.29 is 8.78 Å². The Kier molecular flexibility index (Phi) is 3.65. The number of nitrogen functional groups attached to an aromatic ring is 1. The number of anilines is 2. The number of hydrogen-bond donors (Lipinski definition) is 2. The zero-order chi connectivity index (χ0) is 12.3. The van der Waals surface area contributed by atoms with Gasteiger partial charge in [0.2, 0.25) is 17.7 Å². The lowest BCUT2D eigenvalue weighted by Crippen LogP contribution is -2.24. The van der Waals surface area contributed by atoms with E-state index in [-0.39, 0.29) is 17.9 Å². The van der Waals surface area contributed by atoms with E-state index in [0.29, 0.717) is 0 Å². The van der Waals surface area contributed by atoms with E-state index in [9.17, 15) is 8.78 Å². The van der Waals surface area contributed by atoms with Crippen molar-refractivity contribution in [3.8, 4) is 0 Å². The van der Waals surface area contributed by atoms with E-state index in [2.05, 4.69) is 20.3 Å². The van der Waals surface area contributed by atoms with Gasteiger partial charge in [0.1, 0.15) is 0 Å². The van der Waals surface area contributed by atoms with Crippen molar-refractivity contribution in [2.24, 2.45) is 0 Å². The van der Waals surface area contributed by atoms with E-state index in [1.807, 2.05) is 0 Å². The van der Waals surface area contributed by atoms with Crippen molar-refractivity contribution in [2.45, 2.75) is 44.6 Å². The average molecular weight is 243 g/mol. The van der Waals surface area contributed by atoms with Crippen LogP contribution in [0.3, 0.4) is 0 Å². The van der Waals surface area contributed by atoms with Crippen LogP contribution in [0.5, 0.6) is 0 Å². The third-order valence-electron chi connectivity index (χ3n) is 2.80. The lowest BCUT2D eigenvalue weighted by atomic mass is 9.96. The highest BCUT2D eigenvalue weighted by Gasteiger charge is 2.17. The van der Waals surface area contributed by atoms with Gasteiger partial charge < -0.3 is 11.1 Å². The maximum atomic E-state index is 12.5. The van der Waals surface area contributed by atoms with Crippen LogP contribution in [0.15, 0.2) is 0 Å². The fourth-order valence-electron chi connectivity index (χ4n) is 2.00. The predicted octanol–water partition coefficient (Wildman–Crippen LogP) is 2.14. The number of nitrogens with one attached hydrogen (secondary N) is 1. The van der Waals surface area contributed by atoms with Crippen molar-refractivity contribution >= 4 is 11.9 Å². The average Bonchev–Trinajstić information content (AvgIpc) is 2.29. The zero-order valence-corrected chi connectivity index (χ0v) is 9.37. The van der Waals surface area contributed by atoms with Gasteiger partial charge in [0.05, 0.1) is 0 Å². The lowest BCUT2D eigenvalue weighted by molar-refractivity contribution is 0.140. The molecule has 3 N–H and O–H groups in total. The molecule has 1 aromatic rings. The number of alkyl halides is 2. The van der Waals surface area contributed by atoms with Crippen LogP contribution in [0.4, 0.5) is 20.7 Å². The predicted molar refractivity (Wildman–Crippen MR) is 59.7 cm³/mol. The van der Waals surface area contributed by atoms with Crippen LogP contribution in [0.1, 0.15) is 44.4 Å². The summed E-state index contributed by atoms with van der Waals surface area (Å²) in [5, 5.41) is 3.04. The van der Waals surface area contributed by atoms with E-state index in [1.54, 1.807) is 0 Å². The molecule has 0 radical (unpaired) electrons. The van der Waals surface area contributed by atoms with E-state index in [4.69, 9.17) is 5.73 Å². The molecule has 0 unspecified atom stereocenters. The van der Waals surface area contributed by atoms with Crippen LogP contribution >= 0.6 is 0 Å². The summed E-state index contributed by atoms with van der Waals surface area (Å²) < 4.78 is 24.9. The molecule has 1 fully saturated rings. The molecule has 1 aliphatic rings. The van der Waals surface area contributed by atoms with E-state index in [0.717, 1.165) is 25.7 Å². The van der Waals surface area contributed by atoms with Crippen molar-refractivity contribution in [3.05, 3.63) is 5.82 Å². The van der Waals surface area contributed by atoms with Gasteiger partial charge in [-0.1, -0.05) is 19.3 Å². The van der Waals surface area contributed by atoms with Gasteiger partial charge in [-0.2, -0.15) is 15.0 Å². The molecule has 1 heterocycles. The van der Waals surface area contributed by atoms with Gasteiger partial charge in [0.15, 0.2) is 0 Å². The number of halogens is 2. The topological polar surface area (TPSA) is 76.7 Å². The summed E-state index contributed by atoms with van der Waals surface area (Å²) in [7, 11) is 0. The summed E-state index contributed by atoms with van der Waals surface area (Å²) in [6.45, 7) is 0. The first-order valence-electron chi connectivity index (χ1n) is 5.71. The van der Waals surface area contributed by atoms with Crippen molar-refractivity contribution in [1.82, 2.24) is 15.0 Å². The first-order chi connectivity index (χ1) is 8.15. The number of aromatic nitrogens is 3. The smallest absolute Gasteiger partial charge is 0.297 e. The van der Waals surface area contributed by atoms with Crippen LogP contribution in [-0.2, 0) is 0 Å². The molecule has 0 atom stereocenters. The van der Waals surface area contributed by atoms with Gasteiger partial charge in [-0.05, 0) is 12.8 Å². The van der Waals surface area contributed by atoms with Gasteiger partial charge in [0.25, 0.3) is 6.43 Å². The number of hydrogen-bond acceptors (Lipinski definition) is 5. The summed E-state index contributed by atoms with van der Waals surface area (Å²) in [5.41, 5.74) is 5.37. The van der Waals surface area contributed by atoms with E-state index in [1.165, 1.54) is 6.42 Å². The Labute approximate surface area is 97.9 Å². The van der Waals surface area contributed by atoms with Gasteiger partial charge in [-0.15, -0.1) is 0 Å². The molecule has 7 heteroatoms. The largest absolute Gasteiger partial charge is 0.368 e. The highest BCUT2D eigenvalue weighted by molar-refractivity contribution is 5.32. The molecular weight excluding hydrogens is 228 g/mol. The van der Waals surface area contributed by atoms with Crippen molar-refractivity contribution in [1.29, 1.82) is 0 Å². The first kappa shape index (κ1) is 11.9. The second kappa shape index (κ2) is 5.20. The maximum Gasteiger partial charge on any atom is 0.297 e. The fourth-order valence-corrected chi connectivity index (χ4v) is 2.00. The van der Waals surface area contributed by atoms with Crippen molar-refractivity contribution in [3.63, 3.8) is 0 Å². The molecule has 0 aromatic carbocycles. The van der Waals surface area contributed by atoms with Gasteiger partial charge in [-0.3, -0.25) is 0 Å².